The summed E-state index contributed by atoms with van der Waals surface area (Å²) < 4.78 is 22.7. The van der Waals surface area contributed by atoms with Gasteiger partial charge in [-0.2, -0.15) is 0 Å². The van der Waals surface area contributed by atoms with E-state index in [9.17, 15) is 33.9 Å². The number of esters is 3. The molecule has 18 nitrogen and oxygen atoms in total. The monoisotopic (exact) mass is 894 g/mol. The summed E-state index contributed by atoms with van der Waals surface area (Å²) in [7, 11) is 0. The van der Waals surface area contributed by atoms with Gasteiger partial charge >= 0.3 is 17.9 Å². The molecule has 2 aliphatic heterocycles. The van der Waals surface area contributed by atoms with E-state index in [1.54, 1.807) is 41.5 Å². The average molecular weight is 894 g/mol. The van der Waals surface area contributed by atoms with Crippen molar-refractivity contribution in [1.29, 1.82) is 0 Å². The van der Waals surface area contributed by atoms with Gasteiger partial charge in [-0.15, -0.1) is 0 Å². The maximum absolute atomic E-state index is 13.3. The van der Waals surface area contributed by atoms with Gasteiger partial charge in [0.2, 0.25) is 17.7 Å². The largest absolute Gasteiger partial charge is 0.490 e. The highest BCUT2D eigenvalue weighted by Gasteiger charge is 2.35. The molecule has 3 aliphatic rings. The number of ether oxygens (including phenoxy) is 4. The lowest BCUT2D eigenvalue weighted by molar-refractivity contribution is -0.158. The normalized spacial score (nSPS) is 22.6. The van der Waals surface area contributed by atoms with E-state index in [2.05, 4.69) is 16.0 Å². The lowest BCUT2D eigenvalue weighted by Crippen LogP contribution is -2.51. The number of nitrogens with one attached hydrogen (secondary N) is 3. The van der Waals surface area contributed by atoms with Gasteiger partial charge in [-0.3, -0.25) is 48.4 Å². The SMILES string of the molecule is CC(C)(C)OC(=O)CN1CCN(CC(=O)NCC(=O)NCC2CCC(C(=O)NCC3=CCC(C)(C)O3)[C@H](O)C2)CCN(CC(=O)OC(C)(C)C)CCN(CC(=O)OC(C)(C)C)CC1. The van der Waals surface area contributed by atoms with Crippen LogP contribution in [0.4, 0.5) is 0 Å². The van der Waals surface area contributed by atoms with Gasteiger partial charge in [0, 0.05) is 65.3 Å². The molecule has 3 amide bonds. The van der Waals surface area contributed by atoms with E-state index < -0.39 is 40.8 Å². The Morgan fingerprint density at radius 1 is 0.651 bits per heavy atom. The van der Waals surface area contributed by atoms with Gasteiger partial charge in [0.1, 0.15) is 28.2 Å². The van der Waals surface area contributed by atoms with Crippen molar-refractivity contribution in [2.75, 3.05) is 98.2 Å². The van der Waals surface area contributed by atoms with E-state index in [-0.39, 0.29) is 74.5 Å². The molecule has 1 saturated carbocycles. The highest BCUT2D eigenvalue weighted by molar-refractivity contribution is 5.85. The van der Waals surface area contributed by atoms with Crippen LogP contribution in [0.5, 0.6) is 0 Å². The fourth-order valence-corrected chi connectivity index (χ4v) is 7.57. The Hall–Kier alpha value is -3.84. The number of carbonyl (C=O) groups excluding carboxylic acids is 6. The van der Waals surface area contributed by atoms with Crippen molar-refractivity contribution in [2.24, 2.45) is 11.8 Å². The molecule has 2 heterocycles. The molecule has 0 aromatic rings. The number of amides is 3. The van der Waals surface area contributed by atoms with Gasteiger partial charge in [0.05, 0.1) is 51.3 Å². The van der Waals surface area contributed by atoms with E-state index in [1.807, 2.05) is 60.3 Å². The predicted molar refractivity (Wildman–Crippen MR) is 237 cm³/mol. The molecule has 0 aromatic heterocycles. The summed E-state index contributed by atoms with van der Waals surface area (Å²) in [6.07, 6.45) is 3.41. The van der Waals surface area contributed by atoms with Crippen LogP contribution < -0.4 is 16.0 Å². The quantitative estimate of drug-likeness (QED) is 0.136. The zero-order valence-corrected chi connectivity index (χ0v) is 40.1. The lowest BCUT2D eigenvalue weighted by Gasteiger charge is -2.34. The van der Waals surface area contributed by atoms with Gasteiger partial charge in [-0.05, 0) is 107 Å². The first-order valence-electron chi connectivity index (χ1n) is 22.6. The molecule has 3 rings (SSSR count). The molecule has 0 aromatic carbocycles. The van der Waals surface area contributed by atoms with Crippen molar-refractivity contribution >= 4 is 35.6 Å². The van der Waals surface area contributed by atoms with Gasteiger partial charge in [-0.25, -0.2) is 0 Å². The van der Waals surface area contributed by atoms with Gasteiger partial charge < -0.3 is 40.0 Å². The van der Waals surface area contributed by atoms with Crippen LogP contribution in [0.25, 0.3) is 0 Å². The third-order valence-electron chi connectivity index (χ3n) is 10.6. The molecule has 63 heavy (non-hydrogen) atoms. The van der Waals surface area contributed by atoms with Crippen LogP contribution in [-0.4, -0.2) is 187 Å². The van der Waals surface area contributed by atoms with Crippen molar-refractivity contribution in [1.82, 2.24) is 35.6 Å². The first-order valence-corrected chi connectivity index (χ1v) is 22.6. The summed E-state index contributed by atoms with van der Waals surface area (Å²) >= 11 is 0. The Kier molecular flexibility index (Phi) is 20.3. The molecular formula is C45H79N7O11. The molecule has 1 saturated heterocycles. The minimum absolute atomic E-state index is 0.000873. The minimum Gasteiger partial charge on any atom is -0.490 e. The second-order valence-corrected chi connectivity index (χ2v) is 20.8. The van der Waals surface area contributed by atoms with Gasteiger partial charge in [-0.1, -0.05) is 0 Å². The topological polar surface area (TPSA) is 209 Å². The van der Waals surface area contributed by atoms with E-state index >= 15 is 0 Å². The van der Waals surface area contributed by atoms with E-state index in [1.165, 1.54) is 0 Å². The predicted octanol–water partition coefficient (Wildman–Crippen LogP) is 1.44. The third kappa shape index (κ3) is 22.6. The maximum Gasteiger partial charge on any atom is 0.320 e. The van der Waals surface area contributed by atoms with Crippen molar-refractivity contribution in [2.45, 2.75) is 130 Å². The lowest BCUT2D eigenvalue weighted by atomic mass is 9.79. The Bertz CT molecular complexity index is 1540. The van der Waals surface area contributed by atoms with Gasteiger partial charge in [0.25, 0.3) is 0 Å². The number of aliphatic hydroxyl groups excluding tert-OH is 1. The zero-order valence-electron chi connectivity index (χ0n) is 40.1. The molecule has 2 fully saturated rings. The van der Waals surface area contributed by atoms with Crippen LogP contribution in [0.15, 0.2) is 11.8 Å². The van der Waals surface area contributed by atoms with Crippen molar-refractivity contribution in [3.05, 3.63) is 11.8 Å². The first kappa shape index (κ1) is 53.5. The molecule has 4 N–H and O–H groups in total. The second-order valence-electron chi connectivity index (χ2n) is 20.8. The van der Waals surface area contributed by atoms with E-state index in [4.69, 9.17) is 18.9 Å². The highest BCUT2D eigenvalue weighted by atomic mass is 16.6. The average Bonchev–Trinajstić information content (AvgIpc) is 3.48. The molecule has 0 bridgehead atoms. The number of rotatable bonds is 15. The van der Waals surface area contributed by atoms with Crippen LogP contribution in [0.2, 0.25) is 0 Å². The standard InChI is InChI=1S/C45H79N7O11/c1-42(2,3)61-38(56)29-50-18-16-49(17-19-51(30-39(57)62-43(4,5)6)21-23-52(22-20-50)31-40(58)63-44(7,8)9)28-37(55)47-27-36(54)46-25-32-12-13-34(35(53)24-32)41(59)48-26-33-14-15-45(10,11)60-33/h14,32,34-35,53H,12-13,15-31H2,1-11H3,(H,46,54)(H,47,55)(H,48,59)/t32?,34?,35-/m1/s1. The van der Waals surface area contributed by atoms with Crippen LogP contribution in [0, 0.1) is 11.8 Å². The summed E-state index contributed by atoms with van der Waals surface area (Å²) in [5, 5.41) is 19.3. The third-order valence-corrected chi connectivity index (χ3v) is 10.6. The van der Waals surface area contributed by atoms with E-state index in [0.29, 0.717) is 78.2 Å². The molecular weight excluding hydrogens is 815 g/mol. The summed E-state index contributed by atoms with van der Waals surface area (Å²) in [6.45, 7) is 23.7. The molecule has 0 spiro atoms. The molecule has 2 unspecified atom stereocenters. The molecule has 18 heteroatoms. The number of nitrogens with zero attached hydrogens (tertiary/aromatic N) is 4. The Labute approximate surface area is 375 Å². The Morgan fingerprint density at radius 2 is 1.08 bits per heavy atom. The van der Waals surface area contributed by atoms with Crippen molar-refractivity contribution in [3.8, 4) is 0 Å². The number of carbonyl (C=O) groups is 6. The summed E-state index contributed by atoms with van der Waals surface area (Å²) in [5.41, 5.74) is -2.31. The number of hydrogen-bond acceptors (Lipinski definition) is 15. The smallest absolute Gasteiger partial charge is 0.320 e. The minimum atomic E-state index is -0.841. The van der Waals surface area contributed by atoms with Crippen molar-refractivity contribution < 1.29 is 52.8 Å². The highest BCUT2D eigenvalue weighted by Crippen LogP contribution is 2.30. The fraction of sp³-hybridized carbons (Fsp3) is 0.822. The number of hydrogen-bond donors (Lipinski definition) is 4. The number of aliphatic hydroxyl groups is 1. The maximum atomic E-state index is 13.3. The van der Waals surface area contributed by atoms with Crippen LogP contribution in [0.3, 0.4) is 0 Å². The summed E-state index contributed by atoms with van der Waals surface area (Å²) in [6, 6.07) is 0. The van der Waals surface area contributed by atoms with Crippen molar-refractivity contribution in [3.63, 3.8) is 0 Å². The fourth-order valence-electron chi connectivity index (χ4n) is 7.57. The summed E-state index contributed by atoms with van der Waals surface area (Å²) in [5.74, 6) is -1.97. The van der Waals surface area contributed by atoms with Crippen LogP contribution >= 0.6 is 0 Å². The molecule has 360 valence electrons. The van der Waals surface area contributed by atoms with Crippen LogP contribution in [0.1, 0.15) is 102 Å². The van der Waals surface area contributed by atoms with Gasteiger partial charge in [0.15, 0.2) is 0 Å². The summed E-state index contributed by atoms with van der Waals surface area (Å²) in [4.78, 5) is 85.8. The Balaban J connectivity index is 1.59. The zero-order chi connectivity index (χ0) is 47.2. The molecule has 1 aliphatic carbocycles. The first-order chi connectivity index (χ1) is 29.1. The second kappa shape index (κ2) is 23.9. The van der Waals surface area contributed by atoms with E-state index in [0.717, 1.165) is 12.2 Å². The molecule has 3 atom stereocenters. The molecule has 0 radical (unpaired) electrons. The van der Waals surface area contributed by atoms with Crippen LogP contribution in [-0.2, 0) is 47.7 Å². The Morgan fingerprint density at radius 3 is 1.46 bits per heavy atom.